The molecule has 2 aromatic rings. The predicted molar refractivity (Wildman–Crippen MR) is 54.9 cm³/mol. The smallest absolute Gasteiger partial charge is 0.246 e. The molecule has 0 aliphatic heterocycles. The van der Waals surface area contributed by atoms with Crippen LogP contribution in [0.4, 0.5) is 0 Å². The summed E-state index contributed by atoms with van der Waals surface area (Å²) < 4.78 is 0. The highest BCUT2D eigenvalue weighted by Gasteiger charge is 2.09. The molecule has 0 aliphatic rings. The normalized spacial score (nSPS) is 10.1. The molecule has 0 saturated heterocycles. The maximum absolute atomic E-state index is 10.5. The number of aromatic nitrogens is 2. The summed E-state index contributed by atoms with van der Waals surface area (Å²) in [5.41, 5.74) is 1.51. The Hall–Kier alpha value is -1.55. The lowest BCUT2D eigenvalue weighted by atomic mass is 10.3. The first-order valence-electron chi connectivity index (χ1n) is 4.08. The first-order chi connectivity index (χ1) is 6.81. The van der Waals surface area contributed by atoms with Gasteiger partial charge in [0.1, 0.15) is 9.88 Å². The summed E-state index contributed by atoms with van der Waals surface area (Å²) in [5, 5.41) is 0.765. The highest BCUT2D eigenvalue weighted by atomic mass is 32.1. The Bertz CT molecular complexity index is 450. The summed E-state index contributed by atoms with van der Waals surface area (Å²) >= 11 is 1.32. The van der Waals surface area contributed by atoms with Gasteiger partial charge in [-0.2, -0.15) is 0 Å². The quantitative estimate of drug-likeness (QED) is 0.749. The standard InChI is InChI=1S/C10H7N2OS/c1-7-9(6-13)14-10(12-7)8-4-2-3-5-11-8/h2-5H,1H3. The van der Waals surface area contributed by atoms with Gasteiger partial charge in [-0.15, -0.1) is 11.3 Å². The molecule has 0 fully saturated rings. The van der Waals surface area contributed by atoms with Crippen LogP contribution < -0.4 is 0 Å². The maximum Gasteiger partial charge on any atom is 0.246 e. The SMILES string of the molecule is Cc1nc(-c2ccccn2)sc1[C]=O. The predicted octanol–water partition coefficient (Wildman–Crippen LogP) is 1.97. The number of thiazole rings is 1. The van der Waals surface area contributed by atoms with Gasteiger partial charge in [-0.05, 0) is 19.1 Å². The molecule has 2 heterocycles. The van der Waals surface area contributed by atoms with E-state index in [4.69, 9.17) is 0 Å². The summed E-state index contributed by atoms with van der Waals surface area (Å²) in [6.07, 6.45) is 3.57. The molecule has 0 saturated carbocycles. The van der Waals surface area contributed by atoms with Crippen LogP contribution >= 0.6 is 11.3 Å². The average Bonchev–Trinajstić information content (AvgIpc) is 2.61. The van der Waals surface area contributed by atoms with E-state index in [1.165, 1.54) is 11.3 Å². The minimum absolute atomic E-state index is 0.547. The number of hydrogen-bond donors (Lipinski definition) is 0. The van der Waals surface area contributed by atoms with E-state index in [1.807, 2.05) is 24.5 Å². The number of carbonyl (C=O) groups excluding carboxylic acids is 1. The second-order valence-corrected chi connectivity index (χ2v) is 3.75. The maximum atomic E-state index is 10.5. The van der Waals surface area contributed by atoms with Crippen LogP contribution in [0.15, 0.2) is 24.4 Å². The molecule has 0 unspecified atom stereocenters. The minimum atomic E-state index is 0.547. The Morgan fingerprint density at radius 2 is 2.29 bits per heavy atom. The van der Waals surface area contributed by atoms with E-state index in [9.17, 15) is 4.79 Å². The van der Waals surface area contributed by atoms with Crippen LogP contribution in [0, 0.1) is 6.92 Å². The van der Waals surface area contributed by atoms with E-state index in [-0.39, 0.29) is 0 Å². The van der Waals surface area contributed by atoms with Gasteiger partial charge in [-0.3, -0.25) is 9.78 Å². The zero-order valence-electron chi connectivity index (χ0n) is 7.52. The highest BCUT2D eigenvalue weighted by Crippen LogP contribution is 2.24. The van der Waals surface area contributed by atoms with Crippen molar-refractivity contribution in [2.24, 2.45) is 0 Å². The zero-order chi connectivity index (χ0) is 9.97. The molecule has 0 spiro atoms. The number of hydrogen-bond acceptors (Lipinski definition) is 4. The van der Waals surface area contributed by atoms with Crippen molar-refractivity contribution in [3.05, 3.63) is 35.0 Å². The van der Waals surface area contributed by atoms with E-state index < -0.39 is 0 Å². The van der Waals surface area contributed by atoms with Gasteiger partial charge < -0.3 is 0 Å². The van der Waals surface area contributed by atoms with Gasteiger partial charge in [0.25, 0.3) is 0 Å². The average molecular weight is 203 g/mol. The van der Waals surface area contributed by atoms with Crippen LogP contribution in [-0.2, 0) is 4.79 Å². The molecule has 3 nitrogen and oxygen atoms in total. The van der Waals surface area contributed by atoms with Crippen molar-refractivity contribution in [3.8, 4) is 10.7 Å². The minimum Gasteiger partial charge on any atom is -0.284 e. The largest absolute Gasteiger partial charge is 0.284 e. The fourth-order valence-electron chi connectivity index (χ4n) is 1.09. The summed E-state index contributed by atoms with van der Waals surface area (Å²) in [6.45, 7) is 1.79. The van der Waals surface area contributed by atoms with Crippen LogP contribution in [0.3, 0.4) is 0 Å². The van der Waals surface area contributed by atoms with Crippen molar-refractivity contribution in [1.29, 1.82) is 0 Å². The Labute approximate surface area is 85.5 Å². The van der Waals surface area contributed by atoms with Crippen molar-refractivity contribution in [2.75, 3.05) is 0 Å². The van der Waals surface area contributed by atoms with Crippen molar-refractivity contribution in [3.63, 3.8) is 0 Å². The number of nitrogens with zero attached hydrogens (tertiary/aromatic N) is 2. The third-order valence-electron chi connectivity index (χ3n) is 1.77. The van der Waals surface area contributed by atoms with Crippen LogP contribution in [0.25, 0.3) is 10.7 Å². The third-order valence-corrected chi connectivity index (χ3v) is 2.85. The van der Waals surface area contributed by atoms with Crippen LogP contribution in [0.1, 0.15) is 10.6 Å². The molecule has 14 heavy (non-hydrogen) atoms. The van der Waals surface area contributed by atoms with Crippen molar-refractivity contribution in [1.82, 2.24) is 9.97 Å². The molecule has 1 radical (unpaired) electrons. The summed E-state index contributed by atoms with van der Waals surface area (Å²) in [6, 6.07) is 5.60. The molecule has 0 aliphatic carbocycles. The Morgan fingerprint density at radius 1 is 1.43 bits per heavy atom. The molecule has 0 N–H and O–H groups in total. The number of aryl methyl sites for hydroxylation is 1. The molecule has 0 amide bonds. The van der Waals surface area contributed by atoms with E-state index in [1.54, 1.807) is 13.1 Å². The molecular weight excluding hydrogens is 196 g/mol. The second-order valence-electron chi connectivity index (χ2n) is 2.75. The van der Waals surface area contributed by atoms with E-state index in [2.05, 4.69) is 9.97 Å². The van der Waals surface area contributed by atoms with Gasteiger partial charge in [0.05, 0.1) is 11.4 Å². The monoisotopic (exact) mass is 203 g/mol. The Kier molecular flexibility index (Phi) is 2.37. The van der Waals surface area contributed by atoms with Crippen LogP contribution in [0.2, 0.25) is 0 Å². The highest BCUT2D eigenvalue weighted by molar-refractivity contribution is 7.16. The van der Waals surface area contributed by atoms with Gasteiger partial charge in [-0.25, -0.2) is 4.98 Å². The van der Waals surface area contributed by atoms with Gasteiger partial charge in [0.2, 0.25) is 6.29 Å². The summed E-state index contributed by atoms with van der Waals surface area (Å²) in [4.78, 5) is 19.4. The van der Waals surface area contributed by atoms with Crippen molar-refractivity contribution in [2.45, 2.75) is 6.92 Å². The van der Waals surface area contributed by atoms with E-state index in [0.717, 1.165) is 10.7 Å². The van der Waals surface area contributed by atoms with Crippen molar-refractivity contribution >= 4 is 17.6 Å². The lowest BCUT2D eigenvalue weighted by Gasteiger charge is -1.91. The lowest BCUT2D eigenvalue weighted by Crippen LogP contribution is -1.81. The molecular formula is C10H7N2OS. The molecule has 0 aromatic carbocycles. The lowest BCUT2D eigenvalue weighted by molar-refractivity contribution is 0.563. The number of rotatable bonds is 2. The van der Waals surface area contributed by atoms with E-state index in [0.29, 0.717) is 10.6 Å². The summed E-state index contributed by atoms with van der Waals surface area (Å²) in [5.74, 6) is 0. The Morgan fingerprint density at radius 3 is 2.86 bits per heavy atom. The third kappa shape index (κ3) is 1.56. The van der Waals surface area contributed by atoms with Crippen LogP contribution in [-0.4, -0.2) is 16.3 Å². The Balaban J connectivity index is 2.48. The molecule has 2 aromatic heterocycles. The van der Waals surface area contributed by atoms with E-state index >= 15 is 0 Å². The van der Waals surface area contributed by atoms with Gasteiger partial charge in [0.15, 0.2) is 0 Å². The van der Waals surface area contributed by atoms with Crippen LogP contribution in [0.5, 0.6) is 0 Å². The molecule has 0 bridgehead atoms. The fourth-order valence-corrected chi connectivity index (χ4v) is 1.93. The first kappa shape index (κ1) is 9.02. The van der Waals surface area contributed by atoms with Gasteiger partial charge in [0, 0.05) is 6.20 Å². The van der Waals surface area contributed by atoms with Crippen molar-refractivity contribution < 1.29 is 4.79 Å². The molecule has 2 rings (SSSR count). The van der Waals surface area contributed by atoms with Gasteiger partial charge in [-0.1, -0.05) is 6.07 Å². The molecule has 4 heteroatoms. The second kappa shape index (κ2) is 3.67. The first-order valence-corrected chi connectivity index (χ1v) is 4.90. The molecule has 69 valence electrons. The molecule has 0 atom stereocenters. The number of pyridine rings is 1. The zero-order valence-corrected chi connectivity index (χ0v) is 8.34. The fraction of sp³-hybridized carbons (Fsp3) is 0.100. The topological polar surface area (TPSA) is 42.9 Å². The van der Waals surface area contributed by atoms with Gasteiger partial charge >= 0.3 is 0 Å². The summed E-state index contributed by atoms with van der Waals surface area (Å²) in [7, 11) is 0.